The summed E-state index contributed by atoms with van der Waals surface area (Å²) in [6.45, 7) is 2.01. The van der Waals surface area contributed by atoms with E-state index in [0.29, 0.717) is 18.4 Å². The maximum atomic E-state index is 12.9. The van der Waals surface area contributed by atoms with Gasteiger partial charge in [0, 0.05) is 5.92 Å². The molecule has 3 aromatic rings. The smallest absolute Gasteiger partial charge is 0.407 e. The first kappa shape index (κ1) is 24.0. The quantitative estimate of drug-likeness (QED) is 0.421. The first-order valence-electron chi connectivity index (χ1n) is 11.7. The second kappa shape index (κ2) is 10.9. The molecule has 1 aliphatic rings. The third kappa shape index (κ3) is 5.35. The van der Waals surface area contributed by atoms with Crippen molar-refractivity contribution in [3.05, 3.63) is 95.6 Å². The van der Waals surface area contributed by atoms with Crippen LogP contribution in [0.5, 0.6) is 0 Å². The normalized spacial score (nSPS) is 13.7. The molecule has 0 radical (unpaired) electrons. The van der Waals surface area contributed by atoms with Crippen LogP contribution in [0.2, 0.25) is 0 Å². The summed E-state index contributed by atoms with van der Waals surface area (Å²) >= 11 is 0. The van der Waals surface area contributed by atoms with Crippen molar-refractivity contribution in [2.24, 2.45) is 0 Å². The lowest BCUT2D eigenvalue weighted by Crippen LogP contribution is -2.49. The Bertz CT molecular complexity index is 1170. The van der Waals surface area contributed by atoms with Crippen molar-refractivity contribution in [3.63, 3.8) is 0 Å². The van der Waals surface area contributed by atoms with Gasteiger partial charge in [0.15, 0.2) is 6.04 Å². The van der Waals surface area contributed by atoms with Gasteiger partial charge in [-0.1, -0.05) is 92.2 Å². The minimum Gasteiger partial charge on any atom is -0.479 e. The molecular weight excluding hydrogens is 444 g/mol. The Morgan fingerprint density at radius 3 is 2.00 bits per heavy atom. The maximum Gasteiger partial charge on any atom is 0.407 e. The van der Waals surface area contributed by atoms with Gasteiger partial charge in [-0.2, -0.15) is 0 Å². The number of alkyl carbamates (subject to hydrolysis) is 1. The third-order valence-electron chi connectivity index (χ3n) is 6.20. The van der Waals surface area contributed by atoms with Crippen LogP contribution in [0.1, 0.15) is 48.4 Å². The standard InChI is InChI=1S/C28H28N2O5/c1-2-10-24(26(31)30-25(27(32)33)18-11-4-3-5-12-18)29-28(34)35-17-23-21-15-8-6-13-19(21)20-14-7-9-16-22(20)23/h3-9,11-16,23-25H,2,10,17H2,1H3,(H,29,34)(H,30,31)(H,32,33). The van der Waals surface area contributed by atoms with Crippen LogP contribution in [0.25, 0.3) is 11.1 Å². The summed E-state index contributed by atoms with van der Waals surface area (Å²) in [7, 11) is 0. The fraction of sp³-hybridized carbons (Fsp3) is 0.250. The van der Waals surface area contributed by atoms with Crippen molar-refractivity contribution in [1.29, 1.82) is 0 Å². The third-order valence-corrected chi connectivity index (χ3v) is 6.20. The number of nitrogens with one attached hydrogen (secondary N) is 2. The fourth-order valence-corrected chi connectivity index (χ4v) is 4.52. The highest BCUT2D eigenvalue weighted by Crippen LogP contribution is 2.44. The number of ether oxygens (including phenoxy) is 1. The molecule has 35 heavy (non-hydrogen) atoms. The Hall–Kier alpha value is -4.13. The van der Waals surface area contributed by atoms with E-state index in [1.165, 1.54) is 0 Å². The number of fused-ring (bicyclic) bond motifs is 3. The molecule has 0 heterocycles. The molecule has 0 aliphatic heterocycles. The Labute approximate surface area is 204 Å². The molecule has 0 bridgehead atoms. The monoisotopic (exact) mass is 472 g/mol. The molecule has 180 valence electrons. The molecular formula is C28H28N2O5. The number of hydrogen-bond donors (Lipinski definition) is 3. The fourth-order valence-electron chi connectivity index (χ4n) is 4.52. The van der Waals surface area contributed by atoms with Crippen LogP contribution < -0.4 is 10.6 Å². The molecule has 2 amide bonds. The molecule has 0 fully saturated rings. The van der Waals surface area contributed by atoms with Gasteiger partial charge in [-0.15, -0.1) is 0 Å². The minimum absolute atomic E-state index is 0.0962. The highest BCUT2D eigenvalue weighted by atomic mass is 16.5. The van der Waals surface area contributed by atoms with Crippen molar-refractivity contribution < 1.29 is 24.2 Å². The number of carboxylic acid groups (broad SMARTS) is 1. The second-order valence-corrected chi connectivity index (χ2v) is 8.50. The van der Waals surface area contributed by atoms with E-state index in [1.807, 2.05) is 43.3 Å². The van der Waals surface area contributed by atoms with E-state index in [9.17, 15) is 19.5 Å². The first-order chi connectivity index (χ1) is 17.0. The molecule has 0 saturated heterocycles. The van der Waals surface area contributed by atoms with E-state index < -0.39 is 30.1 Å². The van der Waals surface area contributed by atoms with Crippen molar-refractivity contribution in [3.8, 4) is 11.1 Å². The van der Waals surface area contributed by atoms with Gasteiger partial charge in [0.2, 0.25) is 5.91 Å². The molecule has 0 spiro atoms. The van der Waals surface area contributed by atoms with Gasteiger partial charge in [-0.25, -0.2) is 9.59 Å². The van der Waals surface area contributed by atoms with E-state index in [2.05, 4.69) is 22.8 Å². The van der Waals surface area contributed by atoms with Crippen LogP contribution in [0.15, 0.2) is 78.9 Å². The predicted molar refractivity (Wildman–Crippen MR) is 132 cm³/mol. The Balaban J connectivity index is 1.41. The van der Waals surface area contributed by atoms with E-state index >= 15 is 0 Å². The highest BCUT2D eigenvalue weighted by molar-refractivity contribution is 5.89. The lowest BCUT2D eigenvalue weighted by atomic mass is 9.98. The number of carboxylic acids is 1. The van der Waals surface area contributed by atoms with Gasteiger partial charge in [-0.05, 0) is 34.2 Å². The first-order valence-corrected chi connectivity index (χ1v) is 11.7. The number of carbonyl (C=O) groups is 3. The van der Waals surface area contributed by atoms with Gasteiger partial charge in [0.05, 0.1) is 0 Å². The van der Waals surface area contributed by atoms with Crippen LogP contribution in [0.4, 0.5) is 4.79 Å². The Morgan fingerprint density at radius 1 is 0.857 bits per heavy atom. The average molecular weight is 473 g/mol. The summed E-state index contributed by atoms with van der Waals surface area (Å²) in [5.41, 5.74) is 4.89. The molecule has 2 atom stereocenters. The zero-order chi connectivity index (χ0) is 24.8. The molecule has 0 aromatic heterocycles. The van der Waals surface area contributed by atoms with Crippen LogP contribution in [-0.4, -0.2) is 35.7 Å². The van der Waals surface area contributed by atoms with Crippen molar-refractivity contribution >= 4 is 18.0 Å². The van der Waals surface area contributed by atoms with Gasteiger partial charge < -0.3 is 20.5 Å². The van der Waals surface area contributed by atoms with E-state index in [0.717, 1.165) is 22.3 Å². The Kier molecular flexibility index (Phi) is 7.45. The number of amides is 2. The van der Waals surface area contributed by atoms with Crippen LogP contribution in [0, 0.1) is 0 Å². The van der Waals surface area contributed by atoms with Crippen LogP contribution >= 0.6 is 0 Å². The van der Waals surface area contributed by atoms with Crippen molar-refractivity contribution in [2.45, 2.75) is 37.8 Å². The summed E-state index contributed by atoms with van der Waals surface area (Å²) < 4.78 is 5.56. The van der Waals surface area contributed by atoms with Gasteiger partial charge >= 0.3 is 12.1 Å². The number of hydrogen-bond acceptors (Lipinski definition) is 4. The van der Waals surface area contributed by atoms with E-state index in [1.54, 1.807) is 30.3 Å². The lowest BCUT2D eigenvalue weighted by molar-refractivity contribution is -0.142. The van der Waals surface area contributed by atoms with Crippen molar-refractivity contribution in [1.82, 2.24) is 10.6 Å². The van der Waals surface area contributed by atoms with Crippen LogP contribution in [-0.2, 0) is 14.3 Å². The SMILES string of the molecule is CCCC(NC(=O)OCC1c2ccccc2-c2ccccc21)C(=O)NC(C(=O)O)c1ccccc1. The Morgan fingerprint density at radius 2 is 1.43 bits per heavy atom. The topological polar surface area (TPSA) is 105 Å². The van der Waals surface area contributed by atoms with Crippen LogP contribution in [0.3, 0.4) is 0 Å². The molecule has 7 heteroatoms. The van der Waals surface area contributed by atoms with Gasteiger partial charge in [0.25, 0.3) is 0 Å². The van der Waals surface area contributed by atoms with Gasteiger partial charge in [0.1, 0.15) is 12.6 Å². The molecule has 2 unspecified atom stereocenters. The zero-order valence-electron chi connectivity index (χ0n) is 19.4. The molecule has 0 saturated carbocycles. The second-order valence-electron chi connectivity index (χ2n) is 8.50. The maximum absolute atomic E-state index is 12.9. The molecule has 7 nitrogen and oxygen atoms in total. The summed E-state index contributed by atoms with van der Waals surface area (Å²) in [5.74, 6) is -1.85. The summed E-state index contributed by atoms with van der Waals surface area (Å²) in [5, 5.41) is 14.8. The number of carbonyl (C=O) groups excluding carboxylic acids is 2. The zero-order valence-corrected chi connectivity index (χ0v) is 19.4. The summed E-state index contributed by atoms with van der Waals surface area (Å²) in [6.07, 6.45) is 0.245. The average Bonchev–Trinajstić information content (AvgIpc) is 3.19. The lowest BCUT2D eigenvalue weighted by Gasteiger charge is -2.22. The van der Waals surface area contributed by atoms with Crippen molar-refractivity contribution in [2.75, 3.05) is 6.61 Å². The number of rotatable bonds is 9. The minimum atomic E-state index is -1.22. The summed E-state index contributed by atoms with van der Waals surface area (Å²) in [6, 6.07) is 22.4. The molecule has 1 aliphatic carbocycles. The highest BCUT2D eigenvalue weighted by Gasteiger charge is 2.30. The van der Waals surface area contributed by atoms with E-state index in [-0.39, 0.29) is 12.5 Å². The summed E-state index contributed by atoms with van der Waals surface area (Å²) in [4.78, 5) is 37.3. The largest absolute Gasteiger partial charge is 0.479 e. The van der Waals surface area contributed by atoms with Gasteiger partial charge in [-0.3, -0.25) is 4.79 Å². The predicted octanol–water partition coefficient (Wildman–Crippen LogP) is 4.64. The molecule has 4 rings (SSSR count). The number of aliphatic carboxylic acids is 1. The number of benzene rings is 3. The molecule has 3 N–H and O–H groups in total. The molecule has 3 aromatic carbocycles. The van der Waals surface area contributed by atoms with E-state index in [4.69, 9.17) is 4.74 Å².